The number of rotatable bonds is 18. The first-order valence-electron chi connectivity index (χ1n) is 25.3. The van der Waals surface area contributed by atoms with Crippen molar-refractivity contribution >= 4 is 70.4 Å². The predicted octanol–water partition coefficient (Wildman–Crippen LogP) is 10.4. The van der Waals surface area contributed by atoms with Gasteiger partial charge in [0, 0.05) is 71.3 Å². The van der Waals surface area contributed by atoms with E-state index >= 15 is 0 Å². The zero-order valence-corrected chi connectivity index (χ0v) is 53.5. The molecule has 0 radical (unpaired) electrons. The summed E-state index contributed by atoms with van der Waals surface area (Å²) in [4.78, 5) is 68.8. The quantitative estimate of drug-likeness (QED) is 0.0217. The first-order chi connectivity index (χ1) is 38.7. The Balaban J connectivity index is -0.000000140. The fourth-order valence-corrected chi connectivity index (χ4v) is 4.67. The highest BCUT2D eigenvalue weighted by atomic mass is 79.9. The second kappa shape index (κ2) is 57.3. The van der Waals surface area contributed by atoms with Crippen molar-refractivity contribution in [3.05, 3.63) is 126 Å². The van der Waals surface area contributed by atoms with E-state index in [1.165, 1.54) is 6.08 Å². The van der Waals surface area contributed by atoms with Crippen molar-refractivity contribution in [3.63, 3.8) is 0 Å². The van der Waals surface area contributed by atoms with Gasteiger partial charge in [-0.05, 0) is 129 Å². The Bertz CT molecular complexity index is 2120. The number of alkyl carbamates (subject to hydrolysis) is 4. The molecule has 2 aromatic carbocycles. The van der Waals surface area contributed by atoms with E-state index in [1.54, 1.807) is 95.2 Å². The standard InChI is InChI=1S/C12H15FN2O.C9H15BrFNO2.3C9H17FN2O2.C7H5NO.CH4O.CH4.ClH.H3N/c13-7-11(8-14)9-15-12(16)6-10-4-2-1-3-5-10;4*1-9(2,3)14-8(13)12-6-7(4-10)5-11;9-6-8-7-4-2-1-3-5-7;1-2;;;/h1-5,7H,6,8-9,14H2,(H,15,16);5H,4,6H2,1-3H3,(H,12,13);3*4H,5-6,11H2,1-3H3,(H,12,13);1-5H;2H,1H3;1H4;1H;1H3/b11-7+;;7-4+;2*7-4-;;;;;. The molecule has 0 atom stereocenters. The van der Waals surface area contributed by atoms with Gasteiger partial charge in [0.2, 0.25) is 12.0 Å². The Hall–Kier alpha value is -6.75. The summed E-state index contributed by atoms with van der Waals surface area (Å²) in [7, 11) is 1.00. The number of aliphatic hydroxyl groups is 1. The van der Waals surface area contributed by atoms with Gasteiger partial charge >= 0.3 is 24.4 Å². The van der Waals surface area contributed by atoms with Gasteiger partial charge in [-0.15, -0.1) is 12.4 Å². The lowest BCUT2D eigenvalue weighted by atomic mass is 10.1. The second-order valence-corrected chi connectivity index (χ2v) is 20.7. The van der Waals surface area contributed by atoms with Gasteiger partial charge < -0.3 is 79.7 Å². The molecule has 0 saturated heterocycles. The third kappa shape index (κ3) is 68.0. The Kier molecular flexibility index (Phi) is 63.7. The molecule has 0 aliphatic rings. The minimum atomic E-state index is -0.578. The van der Waals surface area contributed by atoms with Crippen LogP contribution in [0.2, 0.25) is 0 Å². The van der Waals surface area contributed by atoms with Crippen LogP contribution in [0.25, 0.3) is 0 Å². The molecule has 29 heteroatoms. The first-order valence-corrected chi connectivity index (χ1v) is 26.4. The van der Waals surface area contributed by atoms with Crippen LogP contribution < -0.4 is 55.7 Å². The monoisotopic (exact) mass is 1320 g/mol. The summed E-state index contributed by atoms with van der Waals surface area (Å²) in [5.41, 5.74) is 22.0. The molecule has 0 bridgehead atoms. The summed E-state index contributed by atoms with van der Waals surface area (Å²) in [5.74, 6) is -0.140. The summed E-state index contributed by atoms with van der Waals surface area (Å²) < 4.78 is 80.0. The van der Waals surface area contributed by atoms with Crippen LogP contribution in [-0.4, -0.2) is 135 Å². The number of carbonyl (C=O) groups excluding carboxylic acids is 6. The molecule has 2 aromatic rings. The normalized spacial score (nSPS) is 11.1. The van der Waals surface area contributed by atoms with Crippen molar-refractivity contribution in [2.45, 2.75) is 119 Å². The minimum Gasteiger partial charge on any atom is -0.444 e. The largest absolute Gasteiger partial charge is 0.444 e. The predicted molar refractivity (Wildman–Crippen MR) is 337 cm³/mol. The number of para-hydroxylation sites is 1. The number of ether oxygens (including phenoxy) is 4. The zero-order chi connectivity index (χ0) is 65.1. The number of nitrogens with zero attached hydrogens (tertiary/aromatic N) is 1. The lowest BCUT2D eigenvalue weighted by molar-refractivity contribution is -0.120. The number of alkyl halides is 1. The Labute approximate surface area is 520 Å². The molecule has 2 rings (SSSR count). The molecule has 22 nitrogen and oxygen atoms in total. The van der Waals surface area contributed by atoms with Crippen molar-refractivity contribution in [3.8, 4) is 0 Å². The number of aliphatic imine (C=N–C) groups is 1. The average molecular weight is 1320 g/mol. The van der Waals surface area contributed by atoms with Crippen LogP contribution in [0.4, 0.5) is 46.8 Å². The molecular formula is C57H98BrClF5N11O11. The number of isocyanates is 1. The van der Waals surface area contributed by atoms with E-state index in [0.717, 1.165) is 12.7 Å². The lowest BCUT2D eigenvalue weighted by Crippen LogP contribution is -2.34. The number of benzene rings is 2. The van der Waals surface area contributed by atoms with Crippen LogP contribution in [0, 0.1) is 0 Å². The highest BCUT2D eigenvalue weighted by molar-refractivity contribution is 9.09. The molecule has 0 fully saturated rings. The van der Waals surface area contributed by atoms with Crippen molar-refractivity contribution in [2.75, 3.05) is 71.3 Å². The van der Waals surface area contributed by atoms with Crippen molar-refractivity contribution < 1.29 is 74.8 Å². The maximum absolute atomic E-state index is 12.1. The van der Waals surface area contributed by atoms with Gasteiger partial charge in [0.05, 0.1) is 43.8 Å². The topological polar surface area (TPSA) is 371 Å². The fraction of sp³-hybridized carbons (Fsp3) is 0.509. The van der Waals surface area contributed by atoms with E-state index in [2.05, 4.69) is 47.5 Å². The lowest BCUT2D eigenvalue weighted by Gasteiger charge is -2.19. The molecule has 496 valence electrons. The average Bonchev–Trinajstić information content (AvgIpc) is 3.40. The van der Waals surface area contributed by atoms with Crippen LogP contribution in [-0.2, 0) is 35.0 Å². The number of hydrogen-bond acceptors (Lipinski definition) is 17. The third-order valence-corrected chi connectivity index (χ3v) is 8.80. The molecule has 0 aromatic heterocycles. The van der Waals surface area contributed by atoms with Crippen LogP contribution in [0.3, 0.4) is 0 Å². The van der Waals surface area contributed by atoms with Crippen molar-refractivity contribution in [1.82, 2.24) is 32.7 Å². The molecule has 0 spiro atoms. The van der Waals surface area contributed by atoms with Gasteiger partial charge in [0.25, 0.3) is 0 Å². The van der Waals surface area contributed by atoms with Crippen LogP contribution in [0.5, 0.6) is 0 Å². The Morgan fingerprint density at radius 1 is 0.500 bits per heavy atom. The number of halogens is 7. The maximum atomic E-state index is 12.1. The summed E-state index contributed by atoms with van der Waals surface area (Å²) in [5, 5.41) is 19.6. The van der Waals surface area contributed by atoms with Gasteiger partial charge in [0.1, 0.15) is 22.4 Å². The fourth-order valence-electron chi connectivity index (χ4n) is 4.35. The molecule has 0 aliphatic carbocycles. The van der Waals surface area contributed by atoms with Crippen LogP contribution in [0.1, 0.15) is 96.1 Å². The Morgan fingerprint density at radius 2 is 0.744 bits per heavy atom. The van der Waals surface area contributed by atoms with E-state index in [9.17, 15) is 50.7 Å². The van der Waals surface area contributed by atoms with Crippen LogP contribution >= 0.6 is 28.3 Å². The van der Waals surface area contributed by atoms with E-state index in [0.29, 0.717) is 77.0 Å². The van der Waals surface area contributed by atoms with Crippen molar-refractivity contribution in [2.24, 2.45) is 27.9 Å². The smallest absolute Gasteiger partial charge is 0.407 e. The SMILES string of the molecule is C.CC(C)(C)OC(=O)NC/C(=C/F)CN.CC(C)(C)OC(=O)NC/C(=C\F)CN.CC(C)(C)OC(=O)NC/C(=C\F)CN.CC(C)(C)OC(=O)NCC(=CF)CBr.CO.Cl.N.NC/C(=C\F)CNC(=O)Cc1ccccc1.O=C=Nc1ccccc1. The highest BCUT2D eigenvalue weighted by Crippen LogP contribution is 2.10. The molecule has 17 N–H and O–H groups in total. The zero-order valence-electron chi connectivity index (χ0n) is 51.1. The van der Waals surface area contributed by atoms with E-state index < -0.39 is 46.8 Å². The van der Waals surface area contributed by atoms with Gasteiger partial charge in [0.15, 0.2) is 0 Å². The minimum absolute atomic E-state index is 0. The first kappa shape index (κ1) is 95.6. The molecule has 5 amide bonds. The number of nitrogens with two attached hydrogens (primary N) is 4. The molecule has 0 aliphatic heterocycles. The summed E-state index contributed by atoms with van der Waals surface area (Å²) in [6, 6.07) is 18.3. The van der Waals surface area contributed by atoms with Crippen molar-refractivity contribution in [1.29, 1.82) is 0 Å². The molecular weight excluding hydrogens is 1230 g/mol. The summed E-state index contributed by atoms with van der Waals surface area (Å²) in [6.45, 7) is 21.9. The summed E-state index contributed by atoms with van der Waals surface area (Å²) >= 11 is 3.09. The van der Waals surface area contributed by atoms with Gasteiger partial charge in [-0.3, -0.25) is 4.79 Å². The van der Waals surface area contributed by atoms with Gasteiger partial charge in [-0.1, -0.05) is 71.9 Å². The van der Waals surface area contributed by atoms with E-state index in [-0.39, 0.29) is 90.8 Å². The molecule has 0 saturated carbocycles. The Morgan fingerprint density at radius 3 is 0.965 bits per heavy atom. The summed E-state index contributed by atoms with van der Waals surface area (Å²) in [6.07, 6.45) is 1.53. The van der Waals surface area contributed by atoms with Gasteiger partial charge in [-0.25, -0.2) is 45.9 Å². The van der Waals surface area contributed by atoms with E-state index in [4.69, 9.17) is 47.0 Å². The number of aliphatic hydroxyl groups excluding tert-OH is 1. The number of amides is 5. The number of nitrogens with one attached hydrogen (secondary N) is 5. The number of carbonyl (C=O) groups is 5. The third-order valence-electron chi connectivity index (χ3n) is 8.08. The van der Waals surface area contributed by atoms with Crippen LogP contribution in [0.15, 0.2) is 125 Å². The maximum Gasteiger partial charge on any atom is 0.407 e. The second-order valence-electron chi connectivity index (χ2n) is 20.2. The molecule has 0 unspecified atom stereocenters. The van der Waals surface area contributed by atoms with Gasteiger partial charge in [-0.2, -0.15) is 4.99 Å². The molecule has 86 heavy (non-hydrogen) atoms. The molecule has 0 heterocycles. The highest BCUT2D eigenvalue weighted by Gasteiger charge is 2.19. The van der Waals surface area contributed by atoms with E-state index in [1.807, 2.05) is 48.5 Å². The number of hydrogen-bond donors (Lipinski definition) is 11.